The summed E-state index contributed by atoms with van der Waals surface area (Å²) < 4.78 is 4.65. The first-order valence-corrected chi connectivity index (χ1v) is 12.6. The van der Waals surface area contributed by atoms with Gasteiger partial charge in [0.25, 0.3) is 5.56 Å². The van der Waals surface area contributed by atoms with Gasteiger partial charge in [0.1, 0.15) is 5.82 Å². The second-order valence-corrected chi connectivity index (χ2v) is 9.50. The average molecular weight is 519 g/mol. The first-order valence-electron chi connectivity index (χ1n) is 12.6. The van der Waals surface area contributed by atoms with Crippen molar-refractivity contribution in [3.63, 3.8) is 0 Å². The molecular formula is C29H26N8O2. The molecule has 10 heteroatoms. The van der Waals surface area contributed by atoms with Gasteiger partial charge in [0, 0.05) is 19.2 Å². The lowest BCUT2D eigenvalue weighted by atomic mass is 9.98. The van der Waals surface area contributed by atoms with Gasteiger partial charge in [0.05, 0.1) is 6.04 Å². The fourth-order valence-electron chi connectivity index (χ4n) is 5.04. The Labute approximate surface area is 223 Å². The van der Waals surface area contributed by atoms with E-state index in [1.54, 1.807) is 7.05 Å². The van der Waals surface area contributed by atoms with Crippen LogP contribution < -0.4 is 11.2 Å². The summed E-state index contributed by atoms with van der Waals surface area (Å²) in [6, 6.07) is 25.1. The summed E-state index contributed by atoms with van der Waals surface area (Å²) in [6.45, 7) is 4.15. The molecule has 0 bridgehead atoms. The molecule has 0 amide bonds. The van der Waals surface area contributed by atoms with Crippen LogP contribution in [0.5, 0.6) is 0 Å². The Balaban J connectivity index is 1.40. The maximum atomic E-state index is 13.8. The highest BCUT2D eigenvalue weighted by atomic mass is 16.2. The molecule has 3 aromatic heterocycles. The fourth-order valence-corrected chi connectivity index (χ4v) is 5.04. The van der Waals surface area contributed by atoms with Crippen molar-refractivity contribution < 1.29 is 0 Å². The molecule has 0 aliphatic carbocycles. The van der Waals surface area contributed by atoms with Crippen molar-refractivity contribution in [2.45, 2.75) is 26.4 Å². The van der Waals surface area contributed by atoms with Gasteiger partial charge in [-0.25, -0.2) is 9.78 Å². The van der Waals surface area contributed by atoms with Crippen molar-refractivity contribution in [2.75, 3.05) is 0 Å². The van der Waals surface area contributed by atoms with Gasteiger partial charge in [0.2, 0.25) is 5.82 Å². The Hall–Kier alpha value is -5.12. The maximum Gasteiger partial charge on any atom is 0.333 e. The first kappa shape index (κ1) is 24.2. The van der Waals surface area contributed by atoms with E-state index in [2.05, 4.69) is 25.6 Å². The smallest absolute Gasteiger partial charge is 0.318 e. The lowest BCUT2D eigenvalue weighted by Gasteiger charge is -2.17. The predicted molar refractivity (Wildman–Crippen MR) is 148 cm³/mol. The van der Waals surface area contributed by atoms with E-state index in [1.807, 2.05) is 97.3 Å². The SMILES string of the molecule is Cc1nc2c(c(=O)n(C(C)c3ccccc3)c(=O)n2C)n1Cc1ccc(-c2ccccc2-c2nn[nH]n2)cc1. The normalized spacial score (nSPS) is 12.2. The highest BCUT2D eigenvalue weighted by Crippen LogP contribution is 2.30. The van der Waals surface area contributed by atoms with Gasteiger partial charge >= 0.3 is 5.69 Å². The lowest BCUT2D eigenvalue weighted by molar-refractivity contribution is 0.557. The van der Waals surface area contributed by atoms with Gasteiger partial charge in [-0.2, -0.15) is 5.21 Å². The number of hydrogen-bond donors (Lipinski definition) is 1. The molecule has 0 radical (unpaired) electrons. The fraction of sp³-hybridized carbons (Fsp3) is 0.172. The third-order valence-electron chi connectivity index (χ3n) is 7.16. The van der Waals surface area contributed by atoms with Crippen LogP contribution in [-0.2, 0) is 13.6 Å². The molecule has 1 N–H and O–H groups in total. The molecule has 0 aliphatic rings. The van der Waals surface area contributed by atoms with Crippen LogP contribution in [0.15, 0.2) is 88.5 Å². The number of nitrogens with one attached hydrogen (secondary N) is 1. The van der Waals surface area contributed by atoms with Crippen LogP contribution in [-0.4, -0.2) is 39.3 Å². The zero-order valence-corrected chi connectivity index (χ0v) is 21.7. The van der Waals surface area contributed by atoms with E-state index in [0.29, 0.717) is 29.4 Å². The minimum atomic E-state index is -0.427. The molecule has 10 nitrogen and oxygen atoms in total. The number of hydrogen-bond acceptors (Lipinski definition) is 6. The van der Waals surface area contributed by atoms with E-state index in [1.165, 1.54) is 9.13 Å². The quantitative estimate of drug-likeness (QED) is 0.359. The minimum absolute atomic E-state index is 0.351. The lowest BCUT2D eigenvalue weighted by Crippen LogP contribution is -2.41. The molecular weight excluding hydrogens is 492 g/mol. The Morgan fingerprint density at radius 2 is 1.59 bits per heavy atom. The summed E-state index contributed by atoms with van der Waals surface area (Å²) in [4.78, 5) is 31.6. The summed E-state index contributed by atoms with van der Waals surface area (Å²) in [7, 11) is 1.66. The van der Waals surface area contributed by atoms with Crippen LogP contribution in [0.2, 0.25) is 0 Å². The van der Waals surface area contributed by atoms with Crippen LogP contribution in [0.3, 0.4) is 0 Å². The molecule has 0 spiro atoms. The van der Waals surface area contributed by atoms with Gasteiger partial charge in [-0.1, -0.05) is 78.9 Å². The monoisotopic (exact) mass is 518 g/mol. The number of tetrazole rings is 1. The standard InChI is InChI=1S/C29H26N8O2/c1-18(21-9-5-4-6-10-21)37-28(38)25-27(35(3)29(37)39)30-19(2)36(25)17-20-13-15-22(16-14-20)23-11-7-8-12-24(23)26-31-33-34-32-26/h4-16,18H,17H2,1-3H3,(H,31,32,33,34). The number of rotatable bonds is 6. The van der Waals surface area contributed by atoms with E-state index in [9.17, 15) is 9.59 Å². The Morgan fingerprint density at radius 1 is 0.897 bits per heavy atom. The van der Waals surface area contributed by atoms with Crippen molar-refractivity contribution in [1.29, 1.82) is 0 Å². The molecule has 0 saturated carbocycles. The number of aryl methyl sites for hydroxylation is 2. The van der Waals surface area contributed by atoms with Crippen molar-refractivity contribution in [3.05, 3.63) is 117 Å². The topological polar surface area (TPSA) is 116 Å². The van der Waals surface area contributed by atoms with Gasteiger partial charge in [-0.3, -0.25) is 13.9 Å². The van der Waals surface area contributed by atoms with Gasteiger partial charge in [-0.05, 0) is 41.3 Å². The van der Waals surface area contributed by atoms with E-state index >= 15 is 0 Å². The zero-order chi connectivity index (χ0) is 27.1. The van der Waals surface area contributed by atoms with Crippen molar-refractivity contribution in [1.82, 2.24) is 39.3 Å². The Bertz CT molecular complexity index is 1900. The van der Waals surface area contributed by atoms with Gasteiger partial charge in [0.15, 0.2) is 11.2 Å². The number of fused-ring (bicyclic) bond motifs is 1. The van der Waals surface area contributed by atoms with E-state index < -0.39 is 11.7 Å². The molecule has 3 aromatic carbocycles. The number of imidazole rings is 1. The predicted octanol–water partition coefficient (Wildman–Crippen LogP) is 3.71. The third kappa shape index (κ3) is 4.15. The summed E-state index contributed by atoms with van der Waals surface area (Å²) in [5.74, 6) is 1.19. The van der Waals surface area contributed by atoms with Gasteiger partial charge < -0.3 is 4.57 Å². The van der Waals surface area contributed by atoms with Crippen LogP contribution in [0.4, 0.5) is 0 Å². The average Bonchev–Trinajstić information content (AvgIpc) is 3.62. The molecule has 0 fully saturated rings. The Morgan fingerprint density at radius 3 is 2.28 bits per heavy atom. The third-order valence-corrected chi connectivity index (χ3v) is 7.16. The highest BCUT2D eigenvalue weighted by molar-refractivity contribution is 5.80. The highest BCUT2D eigenvalue weighted by Gasteiger charge is 2.22. The number of nitrogens with zero attached hydrogens (tertiary/aromatic N) is 7. The Kier molecular flexibility index (Phi) is 5.99. The van der Waals surface area contributed by atoms with Crippen LogP contribution in [0.1, 0.15) is 29.9 Å². The summed E-state index contributed by atoms with van der Waals surface area (Å²) in [6.07, 6.45) is 0. The van der Waals surface area contributed by atoms with Crippen LogP contribution in [0.25, 0.3) is 33.7 Å². The first-order chi connectivity index (χ1) is 18.9. The molecule has 6 aromatic rings. The summed E-state index contributed by atoms with van der Waals surface area (Å²) in [5, 5.41) is 14.4. The summed E-state index contributed by atoms with van der Waals surface area (Å²) in [5.41, 5.74) is 4.80. The van der Waals surface area contributed by atoms with Gasteiger partial charge in [-0.15, -0.1) is 10.2 Å². The zero-order valence-electron chi connectivity index (χ0n) is 21.7. The van der Waals surface area contributed by atoms with Crippen LogP contribution in [0, 0.1) is 6.92 Å². The molecule has 0 saturated heterocycles. The molecule has 3 heterocycles. The molecule has 6 rings (SSSR count). The van der Waals surface area contributed by atoms with Crippen molar-refractivity contribution in [3.8, 4) is 22.5 Å². The number of aromatic nitrogens is 8. The number of benzene rings is 3. The van der Waals surface area contributed by atoms with Crippen molar-refractivity contribution >= 4 is 11.2 Å². The molecule has 1 atom stereocenters. The maximum absolute atomic E-state index is 13.8. The van der Waals surface area contributed by atoms with E-state index in [0.717, 1.165) is 27.8 Å². The second-order valence-electron chi connectivity index (χ2n) is 9.50. The molecule has 1 unspecified atom stereocenters. The second kappa shape index (κ2) is 9.64. The number of aromatic amines is 1. The van der Waals surface area contributed by atoms with E-state index in [-0.39, 0.29) is 5.56 Å². The van der Waals surface area contributed by atoms with Crippen molar-refractivity contribution in [2.24, 2.45) is 7.05 Å². The molecule has 194 valence electrons. The molecule has 39 heavy (non-hydrogen) atoms. The number of H-pyrrole nitrogens is 1. The van der Waals surface area contributed by atoms with Crippen LogP contribution >= 0.6 is 0 Å². The largest absolute Gasteiger partial charge is 0.333 e. The minimum Gasteiger partial charge on any atom is -0.318 e. The summed E-state index contributed by atoms with van der Waals surface area (Å²) >= 11 is 0. The van der Waals surface area contributed by atoms with E-state index in [4.69, 9.17) is 0 Å². The molecule has 0 aliphatic heterocycles.